The van der Waals surface area contributed by atoms with Crippen molar-refractivity contribution in [3.05, 3.63) is 40.9 Å². The van der Waals surface area contributed by atoms with Crippen LogP contribution in [0.5, 0.6) is 0 Å². The molecule has 0 bridgehead atoms. The van der Waals surface area contributed by atoms with Crippen molar-refractivity contribution in [3.8, 4) is 0 Å². The van der Waals surface area contributed by atoms with E-state index in [1.165, 1.54) is 11.3 Å². The molecule has 28 heavy (non-hydrogen) atoms. The standard InChI is InChI=1S/C20H25N5O2S/c1-20(2,13-7-4-3-5-8-13)17-23-24-18(28-17)22-19(27)25-12-6-9-15(25)16(26)21-14-10-11-14/h3-5,7-8,14-15H,6,9-12H2,1-2H3,(H,21,26)(H,22,24,27)/t15-/m1/s1. The van der Waals surface area contributed by atoms with Gasteiger partial charge in [0.05, 0.1) is 0 Å². The molecule has 2 fully saturated rings. The summed E-state index contributed by atoms with van der Waals surface area (Å²) < 4.78 is 0. The summed E-state index contributed by atoms with van der Waals surface area (Å²) in [7, 11) is 0. The number of amides is 3. The van der Waals surface area contributed by atoms with Gasteiger partial charge in [0.1, 0.15) is 11.0 Å². The Kier molecular flexibility index (Phi) is 5.05. The normalized spacial score (nSPS) is 19.5. The fourth-order valence-corrected chi connectivity index (χ4v) is 4.33. The molecule has 1 saturated heterocycles. The van der Waals surface area contributed by atoms with Crippen molar-refractivity contribution in [2.24, 2.45) is 0 Å². The molecular weight excluding hydrogens is 374 g/mol. The molecule has 1 atom stereocenters. The van der Waals surface area contributed by atoms with Crippen molar-refractivity contribution in [3.63, 3.8) is 0 Å². The highest BCUT2D eigenvalue weighted by Crippen LogP contribution is 2.34. The van der Waals surface area contributed by atoms with E-state index in [-0.39, 0.29) is 17.4 Å². The fraction of sp³-hybridized carbons (Fsp3) is 0.500. The summed E-state index contributed by atoms with van der Waals surface area (Å²) in [5.74, 6) is -0.0432. The van der Waals surface area contributed by atoms with Gasteiger partial charge < -0.3 is 10.2 Å². The van der Waals surface area contributed by atoms with Crippen molar-refractivity contribution >= 4 is 28.4 Å². The number of rotatable bonds is 5. The minimum Gasteiger partial charge on any atom is -0.352 e. The van der Waals surface area contributed by atoms with Gasteiger partial charge in [-0.25, -0.2) is 4.79 Å². The van der Waals surface area contributed by atoms with Crippen molar-refractivity contribution in [1.82, 2.24) is 20.4 Å². The summed E-state index contributed by atoms with van der Waals surface area (Å²) in [4.78, 5) is 26.7. The van der Waals surface area contributed by atoms with E-state index in [2.05, 4.69) is 46.8 Å². The number of hydrogen-bond acceptors (Lipinski definition) is 5. The van der Waals surface area contributed by atoms with Gasteiger partial charge in [-0.2, -0.15) is 0 Å². The van der Waals surface area contributed by atoms with Crippen LogP contribution >= 0.6 is 11.3 Å². The maximum absolute atomic E-state index is 12.7. The summed E-state index contributed by atoms with van der Waals surface area (Å²) in [6.07, 6.45) is 3.61. The van der Waals surface area contributed by atoms with Crippen molar-refractivity contribution in [2.75, 3.05) is 11.9 Å². The first kappa shape index (κ1) is 18.9. The highest BCUT2D eigenvalue weighted by molar-refractivity contribution is 7.15. The second kappa shape index (κ2) is 7.50. The molecule has 1 aromatic heterocycles. The SMILES string of the molecule is CC(C)(c1ccccc1)c1nnc(NC(=O)N2CCC[C@@H]2C(=O)NC2CC2)s1. The summed E-state index contributed by atoms with van der Waals surface area (Å²) in [5.41, 5.74) is 0.836. The number of benzene rings is 1. The van der Waals surface area contributed by atoms with Crippen LogP contribution in [0.4, 0.5) is 9.93 Å². The summed E-state index contributed by atoms with van der Waals surface area (Å²) >= 11 is 1.37. The summed E-state index contributed by atoms with van der Waals surface area (Å²) in [5, 5.41) is 15.6. The lowest BCUT2D eigenvalue weighted by Crippen LogP contribution is -2.48. The van der Waals surface area contributed by atoms with E-state index in [0.717, 1.165) is 29.8 Å². The molecule has 1 saturated carbocycles. The van der Waals surface area contributed by atoms with Crippen molar-refractivity contribution < 1.29 is 9.59 Å². The number of anilines is 1. The number of likely N-dealkylation sites (tertiary alicyclic amines) is 1. The maximum Gasteiger partial charge on any atom is 0.324 e. The smallest absolute Gasteiger partial charge is 0.324 e. The molecule has 2 aromatic rings. The Morgan fingerprint density at radius 1 is 1.14 bits per heavy atom. The largest absolute Gasteiger partial charge is 0.352 e. The molecule has 4 rings (SSSR count). The average Bonchev–Trinajstić information content (AvgIpc) is 3.17. The van der Waals surface area contributed by atoms with Crippen LogP contribution in [0.1, 0.15) is 50.1 Å². The van der Waals surface area contributed by atoms with Gasteiger partial charge in [-0.1, -0.05) is 41.7 Å². The second-order valence-electron chi connectivity index (χ2n) is 7.97. The number of aromatic nitrogens is 2. The molecule has 0 unspecified atom stereocenters. The van der Waals surface area contributed by atoms with E-state index < -0.39 is 6.04 Å². The zero-order valence-corrected chi connectivity index (χ0v) is 17.0. The predicted molar refractivity (Wildman–Crippen MR) is 108 cm³/mol. The molecule has 0 spiro atoms. The zero-order chi connectivity index (χ0) is 19.7. The number of hydrogen-bond donors (Lipinski definition) is 2. The van der Waals surface area contributed by atoms with Crippen molar-refractivity contribution in [1.29, 1.82) is 0 Å². The van der Waals surface area contributed by atoms with Crippen LogP contribution in [-0.2, 0) is 10.2 Å². The molecule has 8 heteroatoms. The van der Waals surface area contributed by atoms with Crippen LogP contribution in [0.2, 0.25) is 0 Å². The van der Waals surface area contributed by atoms with Gasteiger partial charge in [-0.05, 0) is 45.1 Å². The molecule has 1 aromatic carbocycles. The minimum atomic E-state index is -0.395. The van der Waals surface area contributed by atoms with E-state index in [9.17, 15) is 9.59 Å². The van der Waals surface area contributed by atoms with E-state index in [0.29, 0.717) is 24.1 Å². The van der Waals surface area contributed by atoms with Gasteiger partial charge in [0, 0.05) is 18.0 Å². The first-order valence-electron chi connectivity index (χ1n) is 9.72. The monoisotopic (exact) mass is 399 g/mol. The van der Waals surface area contributed by atoms with Gasteiger partial charge in [0.2, 0.25) is 11.0 Å². The first-order chi connectivity index (χ1) is 13.4. The molecule has 2 N–H and O–H groups in total. The lowest BCUT2D eigenvalue weighted by molar-refractivity contribution is -0.124. The summed E-state index contributed by atoms with van der Waals surface area (Å²) in [6, 6.07) is 9.73. The molecule has 7 nitrogen and oxygen atoms in total. The molecule has 3 amide bonds. The number of carbonyl (C=O) groups excluding carboxylic acids is 2. The van der Waals surface area contributed by atoms with Gasteiger partial charge in [0.25, 0.3) is 0 Å². The highest BCUT2D eigenvalue weighted by atomic mass is 32.1. The zero-order valence-electron chi connectivity index (χ0n) is 16.1. The van der Waals surface area contributed by atoms with E-state index >= 15 is 0 Å². The van der Waals surface area contributed by atoms with Gasteiger partial charge in [-0.15, -0.1) is 10.2 Å². The second-order valence-corrected chi connectivity index (χ2v) is 8.95. The maximum atomic E-state index is 12.7. The lowest BCUT2D eigenvalue weighted by atomic mass is 9.85. The molecule has 0 radical (unpaired) electrons. The van der Waals surface area contributed by atoms with Crippen LogP contribution in [-0.4, -0.2) is 45.7 Å². The van der Waals surface area contributed by atoms with Crippen LogP contribution in [0.3, 0.4) is 0 Å². The Bertz CT molecular complexity index is 862. The Balaban J connectivity index is 1.43. The highest BCUT2D eigenvalue weighted by Gasteiger charge is 2.37. The van der Waals surface area contributed by atoms with Gasteiger partial charge in [0.15, 0.2) is 0 Å². The van der Waals surface area contributed by atoms with Crippen LogP contribution in [0.25, 0.3) is 0 Å². The van der Waals surface area contributed by atoms with E-state index in [1.54, 1.807) is 4.90 Å². The Hall–Kier alpha value is -2.48. The molecule has 1 aliphatic carbocycles. The first-order valence-corrected chi connectivity index (χ1v) is 10.5. The van der Waals surface area contributed by atoms with Crippen LogP contribution < -0.4 is 10.6 Å². The quantitative estimate of drug-likeness (QED) is 0.809. The number of urea groups is 1. The Morgan fingerprint density at radius 3 is 2.61 bits per heavy atom. The predicted octanol–water partition coefficient (Wildman–Crippen LogP) is 3.14. The van der Waals surface area contributed by atoms with E-state index in [4.69, 9.17) is 0 Å². The van der Waals surface area contributed by atoms with Crippen LogP contribution in [0.15, 0.2) is 30.3 Å². The average molecular weight is 400 g/mol. The van der Waals surface area contributed by atoms with Gasteiger partial charge in [-0.3, -0.25) is 10.1 Å². The van der Waals surface area contributed by atoms with E-state index in [1.807, 2.05) is 18.2 Å². The number of nitrogens with zero attached hydrogens (tertiary/aromatic N) is 3. The van der Waals surface area contributed by atoms with Crippen molar-refractivity contribution in [2.45, 2.75) is 57.0 Å². The molecule has 2 heterocycles. The molecule has 2 aliphatic rings. The third kappa shape index (κ3) is 3.87. The lowest BCUT2D eigenvalue weighted by Gasteiger charge is -2.23. The molecule has 148 valence electrons. The van der Waals surface area contributed by atoms with Crippen LogP contribution in [0, 0.1) is 0 Å². The third-order valence-electron chi connectivity index (χ3n) is 5.41. The fourth-order valence-electron chi connectivity index (χ4n) is 3.48. The molecular formula is C20H25N5O2S. The van der Waals surface area contributed by atoms with Gasteiger partial charge >= 0.3 is 6.03 Å². The topological polar surface area (TPSA) is 87.2 Å². The number of carbonyl (C=O) groups is 2. The summed E-state index contributed by atoms with van der Waals surface area (Å²) in [6.45, 7) is 4.76. The minimum absolute atomic E-state index is 0.0432. The third-order valence-corrected chi connectivity index (χ3v) is 6.57. The Labute approximate surface area is 168 Å². The Morgan fingerprint density at radius 2 is 1.89 bits per heavy atom. The number of nitrogens with one attached hydrogen (secondary N) is 2. The molecule has 1 aliphatic heterocycles.